The second kappa shape index (κ2) is 6.26. The molecule has 0 aliphatic carbocycles. The smallest absolute Gasteiger partial charge is 0.251 e. The molecule has 5 heteroatoms. The second-order valence-electron chi connectivity index (χ2n) is 4.89. The summed E-state index contributed by atoms with van der Waals surface area (Å²) in [6.45, 7) is 3.45. The minimum atomic E-state index is -0.478. The zero-order valence-electron chi connectivity index (χ0n) is 11.8. The Morgan fingerprint density at radius 2 is 2.00 bits per heavy atom. The quantitative estimate of drug-likeness (QED) is 0.823. The lowest BCUT2D eigenvalue weighted by Crippen LogP contribution is -2.27. The van der Waals surface area contributed by atoms with Gasteiger partial charge in [0.1, 0.15) is 5.82 Å². The van der Waals surface area contributed by atoms with Crippen molar-refractivity contribution in [2.75, 3.05) is 5.73 Å². The summed E-state index contributed by atoms with van der Waals surface area (Å²) in [4.78, 5) is 12.2. The maximum atomic E-state index is 13.7. The molecule has 2 rings (SSSR count). The molecule has 0 heterocycles. The van der Waals surface area contributed by atoms with Gasteiger partial charge < -0.3 is 11.1 Å². The molecule has 3 N–H and O–H groups in total. The number of halogens is 2. The monoisotopic (exact) mass is 350 g/mol. The topological polar surface area (TPSA) is 55.1 Å². The van der Waals surface area contributed by atoms with Crippen molar-refractivity contribution in [3.63, 3.8) is 0 Å². The van der Waals surface area contributed by atoms with Crippen LogP contribution in [0.2, 0.25) is 0 Å². The molecule has 0 radical (unpaired) electrons. The van der Waals surface area contributed by atoms with Gasteiger partial charge in [-0.25, -0.2) is 4.39 Å². The number of rotatable bonds is 3. The number of benzene rings is 2. The summed E-state index contributed by atoms with van der Waals surface area (Å²) >= 11 is 3.44. The summed E-state index contributed by atoms with van der Waals surface area (Å²) in [5.74, 6) is -0.836. The predicted octanol–water partition coefficient (Wildman–Crippen LogP) is 3.97. The number of carbonyl (C=O) groups is 1. The Morgan fingerprint density at radius 3 is 2.62 bits per heavy atom. The molecule has 2 aromatic carbocycles. The predicted molar refractivity (Wildman–Crippen MR) is 85.6 cm³/mol. The van der Waals surface area contributed by atoms with Crippen LogP contribution in [-0.2, 0) is 0 Å². The molecule has 0 fully saturated rings. The van der Waals surface area contributed by atoms with Crippen LogP contribution in [-0.4, -0.2) is 5.91 Å². The molecule has 110 valence electrons. The van der Waals surface area contributed by atoms with Gasteiger partial charge in [-0.1, -0.05) is 34.1 Å². The van der Waals surface area contributed by atoms with Gasteiger partial charge >= 0.3 is 0 Å². The zero-order chi connectivity index (χ0) is 15.6. The van der Waals surface area contributed by atoms with E-state index in [0.29, 0.717) is 5.56 Å². The van der Waals surface area contributed by atoms with Gasteiger partial charge in [-0.2, -0.15) is 0 Å². The van der Waals surface area contributed by atoms with Crippen molar-refractivity contribution < 1.29 is 9.18 Å². The van der Waals surface area contributed by atoms with E-state index < -0.39 is 5.82 Å². The number of nitrogen functional groups attached to an aromatic ring is 1. The Morgan fingerprint density at radius 1 is 1.33 bits per heavy atom. The van der Waals surface area contributed by atoms with Crippen molar-refractivity contribution in [1.29, 1.82) is 0 Å². The van der Waals surface area contributed by atoms with Crippen LogP contribution in [0.3, 0.4) is 0 Å². The maximum Gasteiger partial charge on any atom is 0.251 e. The molecule has 2 aromatic rings. The first-order chi connectivity index (χ1) is 9.90. The lowest BCUT2D eigenvalue weighted by molar-refractivity contribution is 0.0939. The molecule has 0 aliphatic rings. The first kappa shape index (κ1) is 15.5. The first-order valence-electron chi connectivity index (χ1n) is 6.51. The Bertz CT molecular complexity index is 665. The van der Waals surface area contributed by atoms with E-state index in [1.54, 1.807) is 6.92 Å². The average molecular weight is 351 g/mol. The van der Waals surface area contributed by atoms with E-state index in [-0.39, 0.29) is 23.2 Å². The van der Waals surface area contributed by atoms with Crippen molar-refractivity contribution in [2.45, 2.75) is 19.9 Å². The van der Waals surface area contributed by atoms with Gasteiger partial charge in [0.25, 0.3) is 5.91 Å². The van der Waals surface area contributed by atoms with Crippen molar-refractivity contribution >= 4 is 27.5 Å². The van der Waals surface area contributed by atoms with Crippen molar-refractivity contribution in [3.05, 3.63) is 63.4 Å². The lowest BCUT2D eigenvalue weighted by atomic mass is 10.1. The van der Waals surface area contributed by atoms with Crippen molar-refractivity contribution in [3.8, 4) is 0 Å². The molecule has 0 spiro atoms. The van der Waals surface area contributed by atoms with E-state index in [1.165, 1.54) is 12.1 Å². The van der Waals surface area contributed by atoms with Gasteiger partial charge in [0.15, 0.2) is 0 Å². The number of nitrogens with one attached hydrogen (secondary N) is 1. The molecular weight excluding hydrogens is 335 g/mol. The van der Waals surface area contributed by atoms with E-state index in [9.17, 15) is 9.18 Å². The van der Waals surface area contributed by atoms with Crippen LogP contribution in [0.25, 0.3) is 0 Å². The summed E-state index contributed by atoms with van der Waals surface area (Å²) in [5.41, 5.74) is 7.49. The third-order valence-electron chi connectivity index (χ3n) is 3.37. The molecular formula is C16H16BrFN2O. The van der Waals surface area contributed by atoms with Crippen LogP contribution in [0.1, 0.15) is 34.5 Å². The Labute approximate surface area is 131 Å². The van der Waals surface area contributed by atoms with Gasteiger partial charge in [0.2, 0.25) is 0 Å². The van der Waals surface area contributed by atoms with Crippen LogP contribution < -0.4 is 11.1 Å². The number of hydrogen-bond donors (Lipinski definition) is 2. The van der Waals surface area contributed by atoms with Gasteiger partial charge in [0.05, 0.1) is 6.04 Å². The highest BCUT2D eigenvalue weighted by Gasteiger charge is 2.15. The van der Waals surface area contributed by atoms with Crippen LogP contribution >= 0.6 is 15.9 Å². The molecule has 1 unspecified atom stereocenters. The fraction of sp³-hybridized carbons (Fsp3) is 0.188. The van der Waals surface area contributed by atoms with E-state index in [4.69, 9.17) is 5.73 Å². The minimum absolute atomic E-state index is 0.210. The summed E-state index contributed by atoms with van der Waals surface area (Å²) < 4.78 is 14.6. The summed E-state index contributed by atoms with van der Waals surface area (Å²) in [6, 6.07) is 10.1. The number of amides is 1. The van der Waals surface area contributed by atoms with Crippen LogP contribution in [0.15, 0.2) is 40.9 Å². The number of hydrogen-bond acceptors (Lipinski definition) is 2. The number of carbonyl (C=O) groups excluding carboxylic acids is 1. The maximum absolute atomic E-state index is 13.7. The zero-order valence-corrected chi connectivity index (χ0v) is 13.4. The number of nitrogens with two attached hydrogens (primary N) is 1. The normalized spacial score (nSPS) is 12.0. The van der Waals surface area contributed by atoms with E-state index in [1.807, 2.05) is 31.2 Å². The fourth-order valence-electron chi connectivity index (χ4n) is 2.02. The highest BCUT2D eigenvalue weighted by Crippen LogP contribution is 2.23. The van der Waals surface area contributed by atoms with E-state index in [2.05, 4.69) is 21.2 Å². The molecule has 0 saturated carbocycles. The fourth-order valence-corrected chi connectivity index (χ4v) is 2.64. The highest BCUT2D eigenvalue weighted by molar-refractivity contribution is 9.10. The van der Waals surface area contributed by atoms with E-state index in [0.717, 1.165) is 10.0 Å². The van der Waals surface area contributed by atoms with Gasteiger partial charge in [0, 0.05) is 21.3 Å². The Kier molecular flexibility index (Phi) is 4.63. The Hall–Kier alpha value is -1.88. The minimum Gasteiger partial charge on any atom is -0.398 e. The molecule has 1 atom stereocenters. The van der Waals surface area contributed by atoms with Crippen molar-refractivity contribution in [1.82, 2.24) is 5.32 Å². The summed E-state index contributed by atoms with van der Waals surface area (Å²) in [5, 5.41) is 2.84. The average Bonchev–Trinajstić information content (AvgIpc) is 2.44. The molecule has 0 saturated heterocycles. The molecule has 21 heavy (non-hydrogen) atoms. The lowest BCUT2D eigenvalue weighted by Gasteiger charge is -2.16. The first-order valence-corrected chi connectivity index (χ1v) is 7.30. The SMILES string of the molecule is Cc1c(N)cc(C(=O)NC(C)c2ccccc2Br)cc1F. The van der Waals surface area contributed by atoms with Crippen LogP contribution in [0.4, 0.5) is 10.1 Å². The molecule has 0 bridgehead atoms. The summed E-state index contributed by atoms with van der Waals surface area (Å²) in [6.07, 6.45) is 0. The van der Waals surface area contributed by atoms with Crippen LogP contribution in [0.5, 0.6) is 0 Å². The van der Waals surface area contributed by atoms with Gasteiger partial charge in [-0.3, -0.25) is 4.79 Å². The van der Waals surface area contributed by atoms with Gasteiger partial charge in [-0.15, -0.1) is 0 Å². The van der Waals surface area contributed by atoms with E-state index >= 15 is 0 Å². The molecule has 3 nitrogen and oxygen atoms in total. The third-order valence-corrected chi connectivity index (χ3v) is 4.09. The molecule has 1 amide bonds. The molecule has 0 aliphatic heterocycles. The standard InChI is InChI=1S/C16H16BrFN2O/c1-9-14(18)7-11(8-15(9)19)16(21)20-10(2)12-5-3-4-6-13(12)17/h3-8,10H,19H2,1-2H3,(H,20,21). The molecule has 0 aromatic heterocycles. The van der Waals surface area contributed by atoms with Crippen LogP contribution in [0, 0.1) is 12.7 Å². The van der Waals surface area contributed by atoms with Crippen molar-refractivity contribution in [2.24, 2.45) is 0 Å². The highest BCUT2D eigenvalue weighted by atomic mass is 79.9. The third kappa shape index (κ3) is 3.42. The summed E-state index contributed by atoms with van der Waals surface area (Å²) in [7, 11) is 0. The Balaban J connectivity index is 2.20. The van der Waals surface area contributed by atoms with Gasteiger partial charge in [-0.05, 0) is 37.6 Å². The second-order valence-corrected chi connectivity index (χ2v) is 5.74. The largest absolute Gasteiger partial charge is 0.398 e. The number of anilines is 1.